The first-order valence-corrected chi connectivity index (χ1v) is 6.96. The van der Waals surface area contributed by atoms with Crippen molar-refractivity contribution in [1.82, 2.24) is 4.90 Å². The maximum Gasteiger partial charge on any atom is 0.263 e. The lowest BCUT2D eigenvalue weighted by molar-refractivity contribution is 0.150. The quantitative estimate of drug-likeness (QED) is 0.779. The van der Waals surface area contributed by atoms with E-state index in [0.717, 1.165) is 31.5 Å². The van der Waals surface area contributed by atoms with Crippen LogP contribution in [0.2, 0.25) is 0 Å². The van der Waals surface area contributed by atoms with E-state index in [1.54, 1.807) is 12.1 Å². The van der Waals surface area contributed by atoms with E-state index >= 15 is 0 Å². The molecular weight excluding hydrogens is 246 g/mol. The molecule has 108 valence electrons. The van der Waals surface area contributed by atoms with Gasteiger partial charge in [-0.15, -0.1) is 0 Å². The average molecular weight is 270 g/mol. The maximum atomic E-state index is 12.8. The summed E-state index contributed by atoms with van der Waals surface area (Å²) in [4.78, 5) is 2.26. The van der Waals surface area contributed by atoms with Gasteiger partial charge in [-0.1, -0.05) is 38.5 Å². The topological polar surface area (TPSA) is 29.3 Å². The largest absolute Gasteiger partial charge is 0.329 e. The highest BCUT2D eigenvalue weighted by atomic mass is 19.3. The van der Waals surface area contributed by atoms with Gasteiger partial charge in [0.2, 0.25) is 0 Å². The molecule has 2 nitrogen and oxygen atoms in total. The summed E-state index contributed by atoms with van der Waals surface area (Å²) in [5.41, 5.74) is 6.81. The monoisotopic (exact) mass is 270 g/mol. The Morgan fingerprint density at radius 3 is 2.42 bits per heavy atom. The lowest BCUT2D eigenvalue weighted by Gasteiger charge is -2.30. The number of halogens is 2. The van der Waals surface area contributed by atoms with Crippen molar-refractivity contribution in [3.05, 3.63) is 35.4 Å². The van der Waals surface area contributed by atoms with E-state index in [1.165, 1.54) is 6.07 Å². The Labute approximate surface area is 114 Å². The summed E-state index contributed by atoms with van der Waals surface area (Å²) in [6.45, 7) is 6.50. The molecule has 0 fully saturated rings. The number of hydrogen-bond donors (Lipinski definition) is 1. The molecule has 0 saturated heterocycles. The van der Waals surface area contributed by atoms with Crippen LogP contribution >= 0.6 is 0 Å². The molecule has 0 spiro atoms. The van der Waals surface area contributed by atoms with Crippen LogP contribution in [0.1, 0.15) is 50.3 Å². The van der Waals surface area contributed by atoms with Crippen LogP contribution in [0.25, 0.3) is 0 Å². The molecule has 0 aliphatic rings. The summed E-state index contributed by atoms with van der Waals surface area (Å²) < 4.78 is 25.5. The van der Waals surface area contributed by atoms with Crippen molar-refractivity contribution in [2.75, 3.05) is 19.6 Å². The van der Waals surface area contributed by atoms with Crippen molar-refractivity contribution in [2.24, 2.45) is 5.73 Å². The number of rotatable bonds is 8. The van der Waals surface area contributed by atoms with Gasteiger partial charge >= 0.3 is 0 Å². The molecule has 2 N–H and O–H groups in total. The van der Waals surface area contributed by atoms with Crippen LogP contribution < -0.4 is 5.73 Å². The fourth-order valence-corrected chi connectivity index (χ4v) is 2.29. The van der Waals surface area contributed by atoms with E-state index < -0.39 is 6.43 Å². The fraction of sp³-hybridized carbons (Fsp3) is 0.600. The second kappa shape index (κ2) is 8.23. The molecule has 19 heavy (non-hydrogen) atoms. The van der Waals surface area contributed by atoms with Crippen LogP contribution in [0.4, 0.5) is 8.78 Å². The van der Waals surface area contributed by atoms with E-state index in [9.17, 15) is 8.78 Å². The molecule has 0 aliphatic carbocycles. The predicted molar refractivity (Wildman–Crippen MR) is 75.3 cm³/mol. The van der Waals surface area contributed by atoms with Crippen molar-refractivity contribution in [1.29, 1.82) is 0 Å². The van der Waals surface area contributed by atoms with Gasteiger partial charge < -0.3 is 5.73 Å². The van der Waals surface area contributed by atoms with Crippen molar-refractivity contribution in [2.45, 2.75) is 39.2 Å². The third kappa shape index (κ3) is 4.55. The third-order valence-corrected chi connectivity index (χ3v) is 3.42. The highest BCUT2D eigenvalue weighted by Gasteiger charge is 2.18. The summed E-state index contributed by atoms with van der Waals surface area (Å²) in [6, 6.07) is 6.64. The molecule has 0 amide bonds. The zero-order chi connectivity index (χ0) is 14.3. The Bertz CT molecular complexity index is 369. The Balaban J connectivity index is 2.91. The second-order valence-corrected chi connectivity index (χ2v) is 4.70. The zero-order valence-electron chi connectivity index (χ0n) is 11.8. The molecule has 0 heterocycles. The summed E-state index contributed by atoms with van der Waals surface area (Å²) in [6.07, 6.45) is -0.215. The van der Waals surface area contributed by atoms with Gasteiger partial charge in [-0.05, 0) is 31.1 Å². The minimum absolute atomic E-state index is 0.0234. The Morgan fingerprint density at radius 2 is 1.89 bits per heavy atom. The Hall–Kier alpha value is -1.00. The van der Waals surface area contributed by atoms with Crippen LogP contribution in [-0.4, -0.2) is 24.5 Å². The van der Waals surface area contributed by atoms with Crippen molar-refractivity contribution < 1.29 is 8.78 Å². The first-order chi connectivity index (χ1) is 9.13. The number of hydrogen-bond acceptors (Lipinski definition) is 2. The number of alkyl halides is 2. The number of nitrogens with zero attached hydrogens (tertiary/aromatic N) is 1. The summed E-state index contributed by atoms with van der Waals surface area (Å²) >= 11 is 0. The maximum absolute atomic E-state index is 12.8. The Kier molecular flexibility index (Phi) is 6.95. The van der Waals surface area contributed by atoms with Gasteiger partial charge in [-0.25, -0.2) is 8.78 Å². The van der Waals surface area contributed by atoms with E-state index in [4.69, 9.17) is 5.73 Å². The first kappa shape index (κ1) is 16.1. The highest BCUT2D eigenvalue weighted by molar-refractivity contribution is 5.27. The molecule has 0 saturated carbocycles. The third-order valence-electron chi connectivity index (χ3n) is 3.42. The van der Waals surface area contributed by atoms with Crippen molar-refractivity contribution in [3.8, 4) is 0 Å². The van der Waals surface area contributed by atoms with Gasteiger partial charge in [0.25, 0.3) is 6.43 Å². The predicted octanol–water partition coefficient (Wildman–Crippen LogP) is 3.75. The SMILES string of the molecule is CCCCN(CC)C(CN)c1cccc(C(F)F)c1. The molecule has 0 bridgehead atoms. The average Bonchev–Trinajstić information content (AvgIpc) is 2.43. The molecule has 4 heteroatoms. The van der Waals surface area contributed by atoms with Gasteiger partial charge in [0.05, 0.1) is 0 Å². The van der Waals surface area contributed by atoms with E-state index in [1.807, 2.05) is 6.07 Å². The van der Waals surface area contributed by atoms with Crippen LogP contribution in [0.3, 0.4) is 0 Å². The van der Waals surface area contributed by atoms with E-state index in [2.05, 4.69) is 18.7 Å². The minimum atomic E-state index is -2.43. The highest BCUT2D eigenvalue weighted by Crippen LogP contribution is 2.25. The number of unbranched alkanes of at least 4 members (excludes halogenated alkanes) is 1. The molecule has 1 atom stereocenters. The van der Waals surface area contributed by atoms with E-state index in [0.29, 0.717) is 6.54 Å². The molecule has 1 unspecified atom stereocenters. The number of likely N-dealkylation sites (N-methyl/N-ethyl adjacent to an activating group) is 1. The number of nitrogens with two attached hydrogens (primary N) is 1. The molecule has 0 aromatic heterocycles. The van der Waals surface area contributed by atoms with Gasteiger partial charge in [0.15, 0.2) is 0 Å². The lowest BCUT2D eigenvalue weighted by atomic mass is 10.0. The Morgan fingerprint density at radius 1 is 1.21 bits per heavy atom. The first-order valence-electron chi connectivity index (χ1n) is 6.96. The zero-order valence-corrected chi connectivity index (χ0v) is 11.8. The molecular formula is C15H24F2N2. The summed E-state index contributed by atoms with van der Waals surface area (Å²) in [7, 11) is 0. The van der Waals surface area contributed by atoms with Gasteiger partial charge in [-0.3, -0.25) is 4.90 Å². The van der Waals surface area contributed by atoms with Gasteiger partial charge in [0.1, 0.15) is 0 Å². The fourth-order valence-electron chi connectivity index (χ4n) is 2.29. The molecule has 1 rings (SSSR count). The molecule has 1 aromatic carbocycles. The van der Waals surface area contributed by atoms with Crippen molar-refractivity contribution >= 4 is 0 Å². The van der Waals surface area contributed by atoms with Gasteiger partial charge in [-0.2, -0.15) is 0 Å². The van der Waals surface area contributed by atoms with Crippen LogP contribution in [0.5, 0.6) is 0 Å². The summed E-state index contributed by atoms with van der Waals surface area (Å²) in [5, 5.41) is 0. The normalized spacial score (nSPS) is 13.2. The second-order valence-electron chi connectivity index (χ2n) is 4.70. The lowest BCUT2D eigenvalue weighted by Crippen LogP contribution is -2.34. The molecule has 0 aliphatic heterocycles. The van der Waals surface area contributed by atoms with Crippen molar-refractivity contribution in [3.63, 3.8) is 0 Å². The smallest absolute Gasteiger partial charge is 0.263 e. The van der Waals surface area contributed by atoms with Crippen LogP contribution in [0, 0.1) is 0 Å². The van der Waals surface area contributed by atoms with Crippen LogP contribution in [0.15, 0.2) is 24.3 Å². The number of benzene rings is 1. The van der Waals surface area contributed by atoms with Gasteiger partial charge in [0, 0.05) is 18.2 Å². The standard InChI is InChI=1S/C15H24F2N2/c1-3-5-9-19(4-2)14(11-18)12-7-6-8-13(10-12)15(16)17/h6-8,10,14-15H,3-5,9,11,18H2,1-2H3. The molecule has 1 aromatic rings. The van der Waals surface area contributed by atoms with E-state index in [-0.39, 0.29) is 11.6 Å². The minimum Gasteiger partial charge on any atom is -0.329 e. The molecule has 0 radical (unpaired) electrons. The summed E-state index contributed by atoms with van der Waals surface area (Å²) in [5.74, 6) is 0. The van der Waals surface area contributed by atoms with Crippen LogP contribution in [-0.2, 0) is 0 Å².